The molecule has 1 aliphatic rings. The van der Waals surface area contributed by atoms with Crippen LogP contribution in [0.3, 0.4) is 0 Å². The van der Waals surface area contributed by atoms with Crippen LogP contribution in [-0.2, 0) is 38.3 Å². The van der Waals surface area contributed by atoms with Gasteiger partial charge in [-0.05, 0) is 59.9 Å². The molecule has 10 heteroatoms. The predicted octanol–water partition coefficient (Wildman–Crippen LogP) is 6.06. The Hall–Kier alpha value is -4.08. The van der Waals surface area contributed by atoms with Crippen LogP contribution in [0.2, 0.25) is 5.02 Å². The summed E-state index contributed by atoms with van der Waals surface area (Å²) in [6.45, 7) is 2.38. The molecule has 8 nitrogen and oxygen atoms in total. The van der Waals surface area contributed by atoms with Gasteiger partial charge in [0.2, 0.25) is 0 Å². The largest absolute Gasteiger partial charge is 0.459 e. The molecule has 1 aliphatic heterocycles. The fraction of sp³-hybridized carbons (Fsp3) is 0.278. The molecule has 0 fully saturated rings. The molecular weight excluding hydrogens is 629 g/mol. The summed E-state index contributed by atoms with van der Waals surface area (Å²) in [5.41, 5.74) is 3.57. The lowest BCUT2D eigenvalue weighted by atomic mass is 10.1. The van der Waals surface area contributed by atoms with Crippen LogP contribution in [-0.4, -0.2) is 48.6 Å². The summed E-state index contributed by atoms with van der Waals surface area (Å²) in [5, 5.41) is 14.5. The number of halogens is 2. The number of hydrogen-bond donors (Lipinski definition) is 2. The van der Waals surface area contributed by atoms with Crippen LogP contribution in [0, 0.1) is 0 Å². The van der Waals surface area contributed by atoms with Crippen LogP contribution in [0.15, 0.2) is 103 Å². The summed E-state index contributed by atoms with van der Waals surface area (Å²) >= 11 is 6.05. The van der Waals surface area contributed by atoms with Crippen molar-refractivity contribution in [2.24, 2.45) is 0 Å². The van der Waals surface area contributed by atoms with Gasteiger partial charge in [-0.15, -0.1) is 12.4 Å². The number of rotatable bonds is 14. The number of aliphatic hydroxyl groups excluding tert-OH is 1. The summed E-state index contributed by atoms with van der Waals surface area (Å²) in [6.07, 6.45) is 0.776. The third kappa shape index (κ3) is 9.01. The van der Waals surface area contributed by atoms with Crippen LogP contribution in [0.4, 0.5) is 0 Å². The lowest BCUT2D eigenvalue weighted by Gasteiger charge is -2.23. The number of esters is 2. The SMILES string of the molecule is CC(Cc1ccc2c(c1)OC(C(=O)OCCc1ccccc1)(C(=O)OCCc1ccccc1)O2)NCC(O)c1cccc(Cl)c1.Cl. The molecule has 0 radical (unpaired) electrons. The molecule has 2 unspecified atom stereocenters. The Morgan fingerprint density at radius 1 is 0.783 bits per heavy atom. The van der Waals surface area contributed by atoms with Crippen molar-refractivity contribution in [3.05, 3.63) is 130 Å². The van der Waals surface area contributed by atoms with Crippen LogP contribution in [0.25, 0.3) is 0 Å². The first-order valence-corrected chi connectivity index (χ1v) is 15.3. The first-order valence-electron chi connectivity index (χ1n) is 14.9. The maximum atomic E-state index is 13.4. The van der Waals surface area contributed by atoms with Gasteiger partial charge >= 0.3 is 17.7 Å². The van der Waals surface area contributed by atoms with E-state index in [-0.39, 0.29) is 43.2 Å². The van der Waals surface area contributed by atoms with Gasteiger partial charge < -0.3 is 29.4 Å². The molecule has 0 bridgehead atoms. The van der Waals surface area contributed by atoms with Gasteiger partial charge in [0.25, 0.3) is 0 Å². The second kappa shape index (κ2) is 16.5. The van der Waals surface area contributed by atoms with E-state index in [1.165, 1.54) is 0 Å². The smallest absolute Gasteiger partial charge is 0.453 e. The van der Waals surface area contributed by atoms with E-state index in [9.17, 15) is 14.7 Å². The molecule has 0 spiro atoms. The first kappa shape index (κ1) is 34.8. The molecule has 5 rings (SSSR count). The number of ether oxygens (including phenoxy) is 4. The maximum Gasteiger partial charge on any atom is 0.453 e. The molecule has 0 saturated carbocycles. The second-order valence-electron chi connectivity index (χ2n) is 10.9. The Balaban J connectivity index is 0.00000480. The normalized spacial score (nSPS) is 14.1. The fourth-order valence-corrected chi connectivity index (χ4v) is 5.20. The number of aliphatic hydroxyl groups is 1. The van der Waals surface area contributed by atoms with Gasteiger partial charge in [0.15, 0.2) is 11.5 Å². The van der Waals surface area contributed by atoms with E-state index >= 15 is 0 Å². The van der Waals surface area contributed by atoms with Crippen molar-refractivity contribution < 1.29 is 33.6 Å². The minimum absolute atomic E-state index is 0. The minimum atomic E-state index is -2.42. The van der Waals surface area contributed by atoms with Crippen molar-refractivity contribution in [1.29, 1.82) is 0 Å². The van der Waals surface area contributed by atoms with Gasteiger partial charge in [0.05, 0.1) is 19.3 Å². The molecule has 2 N–H and O–H groups in total. The monoisotopic (exact) mass is 665 g/mol. The molecule has 0 saturated heterocycles. The van der Waals surface area contributed by atoms with Crippen molar-refractivity contribution in [1.82, 2.24) is 5.32 Å². The highest BCUT2D eigenvalue weighted by atomic mass is 35.5. The Kier molecular flexibility index (Phi) is 12.5. The number of benzene rings is 4. The standard InChI is InChI=1S/C36H36ClNO7.ClH/c1-25(38-24-31(39)29-13-8-14-30(37)23-29)21-28-15-16-32-33(22-28)45-36(44-32,34(40)42-19-17-26-9-4-2-5-10-26)35(41)43-20-18-27-11-6-3-7-12-27;/h2-16,22-23,25,31,38-39H,17-21,24H2,1H3;1H. The summed E-state index contributed by atoms with van der Waals surface area (Å²) in [6, 6.07) is 31.5. The molecule has 0 aliphatic carbocycles. The number of nitrogens with one attached hydrogen (secondary N) is 1. The van der Waals surface area contributed by atoms with Crippen molar-refractivity contribution in [2.75, 3.05) is 19.8 Å². The van der Waals surface area contributed by atoms with Crippen LogP contribution in [0.1, 0.15) is 35.3 Å². The van der Waals surface area contributed by atoms with Crippen molar-refractivity contribution in [3.8, 4) is 11.5 Å². The lowest BCUT2D eigenvalue weighted by Crippen LogP contribution is -2.56. The molecule has 4 aromatic rings. The van der Waals surface area contributed by atoms with Gasteiger partial charge in [-0.3, -0.25) is 0 Å². The van der Waals surface area contributed by atoms with Gasteiger partial charge in [-0.2, -0.15) is 0 Å². The van der Waals surface area contributed by atoms with E-state index < -0.39 is 23.8 Å². The zero-order chi connectivity index (χ0) is 31.6. The topological polar surface area (TPSA) is 103 Å². The van der Waals surface area contributed by atoms with E-state index in [4.69, 9.17) is 30.5 Å². The fourth-order valence-electron chi connectivity index (χ4n) is 5.00. The van der Waals surface area contributed by atoms with Crippen molar-refractivity contribution in [2.45, 2.75) is 44.1 Å². The first-order chi connectivity index (χ1) is 21.8. The molecule has 0 amide bonds. The molecule has 0 aromatic heterocycles. The van der Waals surface area contributed by atoms with Gasteiger partial charge in [0, 0.05) is 30.5 Å². The number of carbonyl (C=O) groups excluding carboxylic acids is 2. The number of hydrogen-bond acceptors (Lipinski definition) is 8. The molecular formula is C36H37Cl2NO7. The van der Waals surface area contributed by atoms with Crippen LogP contribution in [0.5, 0.6) is 11.5 Å². The molecule has 2 atom stereocenters. The van der Waals surface area contributed by atoms with Crippen molar-refractivity contribution >= 4 is 35.9 Å². The molecule has 242 valence electrons. The quantitative estimate of drug-likeness (QED) is 0.124. The van der Waals surface area contributed by atoms with E-state index in [1.54, 1.807) is 30.3 Å². The van der Waals surface area contributed by atoms with Gasteiger partial charge in [-0.1, -0.05) is 90.5 Å². The highest BCUT2D eigenvalue weighted by molar-refractivity contribution is 6.30. The average molecular weight is 667 g/mol. The van der Waals surface area contributed by atoms with Gasteiger partial charge in [0.1, 0.15) is 0 Å². The zero-order valence-electron chi connectivity index (χ0n) is 25.4. The Labute approximate surface area is 280 Å². The van der Waals surface area contributed by atoms with Crippen LogP contribution >= 0.6 is 24.0 Å². The third-order valence-electron chi connectivity index (χ3n) is 7.42. The summed E-state index contributed by atoms with van der Waals surface area (Å²) in [4.78, 5) is 26.9. The highest BCUT2D eigenvalue weighted by Gasteiger charge is 2.59. The second-order valence-corrected chi connectivity index (χ2v) is 11.4. The van der Waals surface area contributed by atoms with E-state index in [2.05, 4.69) is 5.32 Å². The summed E-state index contributed by atoms with van der Waals surface area (Å²) < 4.78 is 22.9. The van der Waals surface area contributed by atoms with E-state index in [0.29, 0.717) is 30.8 Å². The lowest BCUT2D eigenvalue weighted by molar-refractivity contribution is -0.202. The Bertz CT molecular complexity index is 1530. The number of carbonyl (C=O) groups is 2. The molecule has 46 heavy (non-hydrogen) atoms. The predicted molar refractivity (Wildman–Crippen MR) is 177 cm³/mol. The Morgan fingerprint density at radius 2 is 1.37 bits per heavy atom. The van der Waals surface area contributed by atoms with Crippen molar-refractivity contribution in [3.63, 3.8) is 0 Å². The third-order valence-corrected chi connectivity index (χ3v) is 7.66. The zero-order valence-corrected chi connectivity index (χ0v) is 27.0. The molecule has 1 heterocycles. The summed E-state index contributed by atoms with van der Waals surface area (Å²) in [7, 11) is 0. The maximum absolute atomic E-state index is 13.4. The minimum Gasteiger partial charge on any atom is -0.459 e. The average Bonchev–Trinajstić information content (AvgIpc) is 3.45. The van der Waals surface area contributed by atoms with Crippen LogP contribution < -0.4 is 14.8 Å². The van der Waals surface area contributed by atoms with Gasteiger partial charge in [-0.25, -0.2) is 9.59 Å². The Morgan fingerprint density at radius 3 is 1.96 bits per heavy atom. The number of fused-ring (bicyclic) bond motifs is 1. The van der Waals surface area contributed by atoms with E-state index in [1.807, 2.05) is 79.7 Å². The summed E-state index contributed by atoms with van der Waals surface area (Å²) in [5.74, 6) is -3.91. The molecule has 4 aromatic carbocycles. The highest BCUT2D eigenvalue weighted by Crippen LogP contribution is 2.41. The van der Waals surface area contributed by atoms with E-state index in [0.717, 1.165) is 22.3 Å².